The molecule has 0 saturated carbocycles. The number of aryl methyl sites for hydroxylation is 1. The van der Waals surface area contributed by atoms with Crippen molar-refractivity contribution in [3.05, 3.63) is 18.2 Å². The number of nitrogens with one attached hydrogen (secondary N) is 1. The molecule has 90 valence electrons. The molecule has 1 aliphatic rings. The van der Waals surface area contributed by atoms with Crippen molar-refractivity contribution in [2.45, 2.75) is 19.4 Å². The van der Waals surface area contributed by atoms with Gasteiger partial charge in [-0.1, -0.05) is 6.92 Å². The Morgan fingerprint density at radius 3 is 2.88 bits per heavy atom. The van der Waals surface area contributed by atoms with Gasteiger partial charge in [-0.05, 0) is 0 Å². The van der Waals surface area contributed by atoms with E-state index in [0.29, 0.717) is 12.5 Å². The van der Waals surface area contributed by atoms with Gasteiger partial charge in [0.15, 0.2) is 9.84 Å². The Labute approximate surface area is 95.8 Å². The lowest BCUT2D eigenvalue weighted by Crippen LogP contribution is -2.41. The van der Waals surface area contributed by atoms with Gasteiger partial charge in [-0.2, -0.15) is 0 Å². The topological polar surface area (TPSA) is 64.0 Å². The minimum atomic E-state index is -2.89. The SMILES string of the molecule is CCS(=O)(=O)CCn1cncc1C1CNC1. The molecule has 0 radical (unpaired) electrons. The van der Waals surface area contributed by atoms with Gasteiger partial charge in [0, 0.05) is 43.2 Å². The molecule has 1 saturated heterocycles. The van der Waals surface area contributed by atoms with Crippen molar-refractivity contribution in [1.29, 1.82) is 0 Å². The van der Waals surface area contributed by atoms with Crippen molar-refractivity contribution in [2.75, 3.05) is 24.6 Å². The van der Waals surface area contributed by atoms with Crippen molar-refractivity contribution in [3.63, 3.8) is 0 Å². The van der Waals surface area contributed by atoms with Gasteiger partial charge < -0.3 is 9.88 Å². The first-order valence-corrected chi connectivity index (χ1v) is 7.35. The molecule has 6 heteroatoms. The predicted octanol–water partition coefficient (Wildman–Crippen LogP) is 0.00460. The second-order valence-corrected chi connectivity index (χ2v) is 6.58. The number of hydrogen-bond donors (Lipinski definition) is 1. The van der Waals surface area contributed by atoms with Crippen LogP contribution in [0.5, 0.6) is 0 Å². The number of nitrogens with zero attached hydrogens (tertiary/aromatic N) is 2. The summed E-state index contributed by atoms with van der Waals surface area (Å²) in [6.07, 6.45) is 3.56. The molecular formula is C10H17N3O2S. The zero-order valence-electron chi connectivity index (χ0n) is 9.39. The molecule has 2 heterocycles. The molecule has 2 rings (SSSR count). The normalized spacial score (nSPS) is 17.3. The lowest BCUT2D eigenvalue weighted by Gasteiger charge is -2.27. The minimum absolute atomic E-state index is 0.201. The molecule has 1 aromatic rings. The highest BCUT2D eigenvalue weighted by Crippen LogP contribution is 2.19. The van der Waals surface area contributed by atoms with E-state index in [9.17, 15) is 8.42 Å². The van der Waals surface area contributed by atoms with Crippen LogP contribution in [0.15, 0.2) is 12.5 Å². The molecule has 0 unspecified atom stereocenters. The summed E-state index contributed by atoms with van der Waals surface area (Å²) in [5.41, 5.74) is 1.14. The Kier molecular flexibility index (Phi) is 3.30. The van der Waals surface area contributed by atoms with Crippen LogP contribution in [0.4, 0.5) is 0 Å². The van der Waals surface area contributed by atoms with Crippen LogP contribution in [0.2, 0.25) is 0 Å². The first kappa shape index (κ1) is 11.6. The van der Waals surface area contributed by atoms with Gasteiger partial charge in [-0.15, -0.1) is 0 Å². The fourth-order valence-corrected chi connectivity index (χ4v) is 2.50. The number of hydrogen-bond acceptors (Lipinski definition) is 4. The Morgan fingerprint density at radius 1 is 1.56 bits per heavy atom. The minimum Gasteiger partial charge on any atom is -0.333 e. The molecule has 0 bridgehead atoms. The molecular weight excluding hydrogens is 226 g/mol. The number of imidazole rings is 1. The lowest BCUT2D eigenvalue weighted by atomic mass is 10.00. The van der Waals surface area contributed by atoms with Crippen LogP contribution in [-0.4, -0.2) is 42.6 Å². The van der Waals surface area contributed by atoms with Crippen LogP contribution in [0.25, 0.3) is 0 Å². The summed E-state index contributed by atoms with van der Waals surface area (Å²) in [7, 11) is -2.89. The molecule has 1 aliphatic heterocycles. The van der Waals surface area contributed by atoms with Gasteiger partial charge in [0.2, 0.25) is 0 Å². The summed E-state index contributed by atoms with van der Waals surface area (Å²) in [6.45, 7) is 4.13. The molecule has 0 atom stereocenters. The van der Waals surface area contributed by atoms with E-state index in [4.69, 9.17) is 0 Å². The molecule has 1 aromatic heterocycles. The van der Waals surface area contributed by atoms with Crippen molar-refractivity contribution in [1.82, 2.24) is 14.9 Å². The fraction of sp³-hybridized carbons (Fsp3) is 0.700. The predicted molar refractivity (Wildman–Crippen MR) is 62.2 cm³/mol. The van der Waals surface area contributed by atoms with Crippen LogP contribution < -0.4 is 5.32 Å². The van der Waals surface area contributed by atoms with Crippen LogP contribution in [0.1, 0.15) is 18.5 Å². The monoisotopic (exact) mass is 243 g/mol. The summed E-state index contributed by atoms with van der Waals surface area (Å²) >= 11 is 0. The molecule has 0 amide bonds. The van der Waals surface area contributed by atoms with Crippen molar-refractivity contribution in [2.24, 2.45) is 0 Å². The van der Waals surface area contributed by atoms with E-state index >= 15 is 0 Å². The average molecular weight is 243 g/mol. The van der Waals surface area contributed by atoms with E-state index in [2.05, 4.69) is 10.3 Å². The average Bonchev–Trinajstić information content (AvgIpc) is 2.61. The third-order valence-electron chi connectivity index (χ3n) is 3.03. The second kappa shape index (κ2) is 4.55. The van der Waals surface area contributed by atoms with Gasteiger partial charge in [-0.3, -0.25) is 0 Å². The van der Waals surface area contributed by atoms with E-state index in [-0.39, 0.29) is 11.5 Å². The molecule has 0 aliphatic carbocycles. The van der Waals surface area contributed by atoms with E-state index < -0.39 is 9.84 Å². The highest BCUT2D eigenvalue weighted by atomic mass is 32.2. The summed E-state index contributed by atoms with van der Waals surface area (Å²) in [6, 6.07) is 0. The third kappa shape index (κ3) is 2.44. The fourth-order valence-electron chi connectivity index (χ4n) is 1.74. The van der Waals surface area contributed by atoms with Crippen LogP contribution >= 0.6 is 0 Å². The van der Waals surface area contributed by atoms with Crippen LogP contribution in [0.3, 0.4) is 0 Å². The lowest BCUT2D eigenvalue weighted by molar-refractivity contribution is 0.425. The molecule has 0 spiro atoms. The largest absolute Gasteiger partial charge is 0.333 e. The molecule has 1 N–H and O–H groups in total. The Balaban J connectivity index is 2.01. The van der Waals surface area contributed by atoms with Gasteiger partial charge >= 0.3 is 0 Å². The first-order valence-electron chi connectivity index (χ1n) is 5.53. The second-order valence-electron chi connectivity index (χ2n) is 4.10. The zero-order chi connectivity index (χ0) is 11.6. The number of sulfone groups is 1. The van der Waals surface area contributed by atoms with Crippen molar-refractivity contribution in [3.8, 4) is 0 Å². The van der Waals surface area contributed by atoms with E-state index in [1.54, 1.807) is 13.3 Å². The maximum absolute atomic E-state index is 11.4. The Morgan fingerprint density at radius 2 is 2.31 bits per heavy atom. The van der Waals surface area contributed by atoms with E-state index in [1.165, 1.54) is 0 Å². The molecule has 0 aromatic carbocycles. The zero-order valence-corrected chi connectivity index (χ0v) is 10.2. The maximum Gasteiger partial charge on any atom is 0.151 e. The summed E-state index contributed by atoms with van der Waals surface area (Å²) in [5, 5.41) is 3.20. The van der Waals surface area contributed by atoms with Gasteiger partial charge in [-0.25, -0.2) is 13.4 Å². The maximum atomic E-state index is 11.4. The number of aromatic nitrogens is 2. The Bertz CT molecular complexity index is 448. The van der Waals surface area contributed by atoms with Gasteiger partial charge in [0.05, 0.1) is 12.1 Å². The highest BCUT2D eigenvalue weighted by Gasteiger charge is 2.22. The number of rotatable bonds is 5. The molecule has 16 heavy (non-hydrogen) atoms. The van der Waals surface area contributed by atoms with Crippen LogP contribution in [-0.2, 0) is 16.4 Å². The van der Waals surface area contributed by atoms with E-state index in [1.807, 2.05) is 10.8 Å². The van der Waals surface area contributed by atoms with E-state index in [0.717, 1.165) is 18.8 Å². The standard InChI is InChI=1S/C10H17N3O2S/c1-2-16(14,15)4-3-13-8-12-7-10(13)9-5-11-6-9/h7-9,11H,2-6H2,1H3. The molecule has 5 nitrogen and oxygen atoms in total. The summed E-state index contributed by atoms with van der Waals surface area (Å²) < 4.78 is 24.8. The third-order valence-corrected chi connectivity index (χ3v) is 4.71. The van der Waals surface area contributed by atoms with Crippen LogP contribution in [0, 0.1) is 0 Å². The van der Waals surface area contributed by atoms with Gasteiger partial charge in [0.25, 0.3) is 0 Å². The highest BCUT2D eigenvalue weighted by molar-refractivity contribution is 7.91. The smallest absolute Gasteiger partial charge is 0.151 e. The first-order chi connectivity index (χ1) is 7.62. The van der Waals surface area contributed by atoms with Crippen molar-refractivity contribution >= 4 is 9.84 Å². The van der Waals surface area contributed by atoms with Gasteiger partial charge in [0.1, 0.15) is 0 Å². The summed E-state index contributed by atoms with van der Waals surface area (Å²) in [4.78, 5) is 4.09. The molecule has 1 fully saturated rings. The Hall–Kier alpha value is -0.880. The summed E-state index contributed by atoms with van der Waals surface area (Å²) in [5.74, 6) is 0.904. The quantitative estimate of drug-likeness (QED) is 0.791. The van der Waals surface area contributed by atoms with Crippen molar-refractivity contribution < 1.29 is 8.42 Å².